The van der Waals surface area contributed by atoms with Gasteiger partial charge in [-0.3, -0.25) is 4.79 Å². The molecule has 1 saturated heterocycles. The standard InChI is InChI=1S/C22H24ClNO3/c1-26-20-8-6-18(7-9-20)22(11-13-27-14-12-22)16-24-21(25)10-5-17-3-2-4-19(23)15-17/h2-10,15H,11-14,16H2,1H3,(H,24,25). The number of benzene rings is 2. The summed E-state index contributed by atoms with van der Waals surface area (Å²) >= 11 is 5.98. The van der Waals surface area contributed by atoms with Crippen LogP contribution < -0.4 is 10.1 Å². The molecule has 0 atom stereocenters. The first kappa shape index (κ1) is 19.5. The Morgan fingerprint density at radius 1 is 1.22 bits per heavy atom. The Balaban J connectivity index is 1.68. The summed E-state index contributed by atoms with van der Waals surface area (Å²) in [6.07, 6.45) is 5.06. The van der Waals surface area contributed by atoms with Crippen LogP contribution in [0.2, 0.25) is 5.02 Å². The van der Waals surface area contributed by atoms with E-state index in [1.54, 1.807) is 19.3 Å². The molecule has 0 radical (unpaired) electrons. The van der Waals surface area contributed by atoms with Crippen molar-refractivity contribution in [3.05, 3.63) is 70.8 Å². The molecule has 0 spiro atoms. The topological polar surface area (TPSA) is 47.6 Å². The number of amides is 1. The molecule has 1 aliphatic heterocycles. The quantitative estimate of drug-likeness (QED) is 0.757. The van der Waals surface area contributed by atoms with Gasteiger partial charge in [0.25, 0.3) is 0 Å². The van der Waals surface area contributed by atoms with Gasteiger partial charge in [-0.05, 0) is 54.3 Å². The summed E-state index contributed by atoms with van der Waals surface area (Å²) in [5.74, 6) is 0.712. The lowest BCUT2D eigenvalue weighted by Crippen LogP contribution is -2.44. The number of hydrogen-bond donors (Lipinski definition) is 1. The molecule has 27 heavy (non-hydrogen) atoms. The highest BCUT2D eigenvalue weighted by molar-refractivity contribution is 6.30. The van der Waals surface area contributed by atoms with E-state index in [1.165, 1.54) is 5.56 Å². The van der Waals surface area contributed by atoms with Crippen LogP contribution >= 0.6 is 11.6 Å². The predicted octanol–water partition coefficient (Wildman–Crippen LogP) is 4.23. The SMILES string of the molecule is COc1ccc(C2(CNC(=O)C=Cc3cccc(Cl)c3)CCOCC2)cc1. The normalized spacial score (nSPS) is 16.2. The molecule has 0 aliphatic carbocycles. The first-order chi connectivity index (χ1) is 13.1. The number of rotatable bonds is 6. The highest BCUT2D eigenvalue weighted by atomic mass is 35.5. The molecule has 1 fully saturated rings. The zero-order valence-electron chi connectivity index (χ0n) is 15.4. The van der Waals surface area contributed by atoms with Gasteiger partial charge in [0.05, 0.1) is 7.11 Å². The first-order valence-corrected chi connectivity index (χ1v) is 9.43. The van der Waals surface area contributed by atoms with Crippen molar-refractivity contribution in [2.75, 3.05) is 26.9 Å². The van der Waals surface area contributed by atoms with Crippen molar-refractivity contribution < 1.29 is 14.3 Å². The van der Waals surface area contributed by atoms with E-state index in [1.807, 2.05) is 36.4 Å². The number of ether oxygens (including phenoxy) is 2. The molecule has 0 saturated carbocycles. The Hall–Kier alpha value is -2.30. The van der Waals surface area contributed by atoms with Crippen molar-refractivity contribution in [2.45, 2.75) is 18.3 Å². The van der Waals surface area contributed by atoms with E-state index < -0.39 is 0 Å². The van der Waals surface area contributed by atoms with E-state index >= 15 is 0 Å². The largest absolute Gasteiger partial charge is 0.497 e. The van der Waals surface area contributed by atoms with Crippen molar-refractivity contribution >= 4 is 23.6 Å². The molecule has 2 aromatic carbocycles. The fourth-order valence-electron chi connectivity index (χ4n) is 3.37. The molecule has 1 N–H and O–H groups in total. The minimum absolute atomic E-state index is 0.116. The lowest BCUT2D eigenvalue weighted by atomic mass is 9.74. The van der Waals surface area contributed by atoms with Crippen molar-refractivity contribution in [1.29, 1.82) is 0 Å². The summed E-state index contributed by atoms with van der Waals surface area (Å²) in [5, 5.41) is 3.71. The van der Waals surface area contributed by atoms with Gasteiger partial charge < -0.3 is 14.8 Å². The number of nitrogens with one attached hydrogen (secondary N) is 1. The molecule has 2 aromatic rings. The zero-order chi connectivity index (χ0) is 19.1. The Morgan fingerprint density at radius 3 is 2.63 bits per heavy atom. The molecule has 0 unspecified atom stereocenters. The maximum Gasteiger partial charge on any atom is 0.244 e. The fraction of sp³-hybridized carbons (Fsp3) is 0.318. The second-order valence-corrected chi connectivity index (χ2v) is 7.16. The van der Waals surface area contributed by atoms with Crippen LogP contribution in [0.15, 0.2) is 54.6 Å². The van der Waals surface area contributed by atoms with Crippen molar-refractivity contribution in [3.8, 4) is 5.75 Å². The van der Waals surface area contributed by atoms with Crippen LogP contribution in [0.25, 0.3) is 6.08 Å². The summed E-state index contributed by atoms with van der Waals surface area (Å²) in [6, 6.07) is 15.5. The van der Waals surface area contributed by atoms with Crippen molar-refractivity contribution in [1.82, 2.24) is 5.32 Å². The first-order valence-electron chi connectivity index (χ1n) is 9.05. The third-order valence-electron chi connectivity index (χ3n) is 5.03. The van der Waals surface area contributed by atoms with Crippen molar-refractivity contribution in [3.63, 3.8) is 0 Å². The predicted molar refractivity (Wildman–Crippen MR) is 108 cm³/mol. The minimum atomic E-state index is -0.121. The monoisotopic (exact) mass is 385 g/mol. The van der Waals surface area contributed by atoms with Crippen LogP contribution in [0.1, 0.15) is 24.0 Å². The summed E-state index contributed by atoms with van der Waals surface area (Å²) < 4.78 is 10.8. The van der Waals surface area contributed by atoms with Gasteiger partial charge in [0.1, 0.15) is 5.75 Å². The van der Waals surface area contributed by atoms with Crippen LogP contribution in [-0.2, 0) is 14.9 Å². The van der Waals surface area contributed by atoms with E-state index in [-0.39, 0.29) is 11.3 Å². The van der Waals surface area contributed by atoms with E-state index in [9.17, 15) is 4.79 Å². The Morgan fingerprint density at radius 2 is 1.96 bits per heavy atom. The van der Waals surface area contributed by atoms with E-state index in [0.29, 0.717) is 24.8 Å². The second-order valence-electron chi connectivity index (χ2n) is 6.73. The zero-order valence-corrected chi connectivity index (χ0v) is 16.2. The number of hydrogen-bond acceptors (Lipinski definition) is 3. The van der Waals surface area contributed by atoms with Crippen molar-refractivity contribution in [2.24, 2.45) is 0 Å². The van der Waals surface area contributed by atoms with E-state index in [0.717, 1.165) is 24.2 Å². The molecular weight excluding hydrogens is 362 g/mol. The smallest absolute Gasteiger partial charge is 0.244 e. The fourth-order valence-corrected chi connectivity index (χ4v) is 3.57. The molecule has 0 aromatic heterocycles. The molecule has 0 bridgehead atoms. The molecule has 1 aliphatic rings. The van der Waals surface area contributed by atoms with Gasteiger partial charge in [-0.25, -0.2) is 0 Å². The summed E-state index contributed by atoms with van der Waals surface area (Å²) in [4.78, 5) is 12.3. The van der Waals surface area contributed by atoms with Crippen LogP contribution in [0.4, 0.5) is 0 Å². The maximum absolute atomic E-state index is 12.3. The Labute approximate surface area is 165 Å². The van der Waals surface area contributed by atoms with Gasteiger partial charge in [-0.15, -0.1) is 0 Å². The molecule has 1 amide bonds. The average Bonchev–Trinajstić information content (AvgIpc) is 2.71. The third-order valence-corrected chi connectivity index (χ3v) is 5.26. The summed E-state index contributed by atoms with van der Waals surface area (Å²) in [6.45, 7) is 1.96. The number of carbonyl (C=O) groups is 1. The maximum atomic E-state index is 12.3. The summed E-state index contributed by atoms with van der Waals surface area (Å²) in [5.41, 5.74) is 1.98. The highest BCUT2D eigenvalue weighted by Crippen LogP contribution is 2.35. The van der Waals surface area contributed by atoms with Crippen LogP contribution in [0, 0.1) is 0 Å². The van der Waals surface area contributed by atoms with Crippen LogP contribution in [-0.4, -0.2) is 32.8 Å². The Bertz CT molecular complexity index is 795. The minimum Gasteiger partial charge on any atom is -0.497 e. The molecule has 5 heteroatoms. The van der Waals surface area contributed by atoms with Crippen LogP contribution in [0.3, 0.4) is 0 Å². The molecule has 1 heterocycles. The second kappa shape index (κ2) is 9.07. The lowest BCUT2D eigenvalue weighted by molar-refractivity contribution is -0.116. The number of halogens is 1. The molecule has 3 rings (SSSR count). The third kappa shape index (κ3) is 5.12. The van der Waals surface area contributed by atoms with E-state index in [2.05, 4.69) is 17.4 Å². The van der Waals surface area contributed by atoms with Crippen LogP contribution in [0.5, 0.6) is 5.75 Å². The average molecular weight is 386 g/mol. The number of carbonyl (C=O) groups excluding carboxylic acids is 1. The Kier molecular flexibility index (Phi) is 6.54. The number of methoxy groups -OCH3 is 1. The molecular formula is C22H24ClNO3. The molecule has 4 nitrogen and oxygen atoms in total. The van der Waals surface area contributed by atoms with E-state index in [4.69, 9.17) is 21.1 Å². The van der Waals surface area contributed by atoms with Gasteiger partial charge >= 0.3 is 0 Å². The van der Waals surface area contributed by atoms with Gasteiger partial charge in [0.15, 0.2) is 0 Å². The van der Waals surface area contributed by atoms with Gasteiger partial charge in [-0.2, -0.15) is 0 Å². The summed E-state index contributed by atoms with van der Waals surface area (Å²) in [7, 11) is 1.66. The van der Waals surface area contributed by atoms with Gasteiger partial charge in [0.2, 0.25) is 5.91 Å². The highest BCUT2D eigenvalue weighted by Gasteiger charge is 2.34. The molecule has 142 valence electrons. The van der Waals surface area contributed by atoms with Gasteiger partial charge in [-0.1, -0.05) is 35.9 Å². The lowest BCUT2D eigenvalue weighted by Gasteiger charge is -2.38. The van der Waals surface area contributed by atoms with Gasteiger partial charge in [0, 0.05) is 36.3 Å².